The van der Waals surface area contributed by atoms with Gasteiger partial charge in [0.1, 0.15) is 11.6 Å². The van der Waals surface area contributed by atoms with Gasteiger partial charge in [0.05, 0.1) is 5.56 Å². The zero-order valence-electron chi connectivity index (χ0n) is 10.6. The lowest BCUT2D eigenvalue weighted by molar-refractivity contribution is 0.0557. The molecule has 1 aliphatic carbocycles. The zero-order valence-corrected chi connectivity index (χ0v) is 10.6. The Kier molecular flexibility index (Phi) is 4.47. The third kappa shape index (κ3) is 3.10. The van der Waals surface area contributed by atoms with E-state index in [0.717, 1.165) is 37.5 Å². The summed E-state index contributed by atoms with van der Waals surface area (Å²) in [6.07, 6.45) is 3.25. The molecule has 0 aliphatic heterocycles. The minimum atomic E-state index is -0.709. The third-order valence-electron chi connectivity index (χ3n) is 3.49. The maximum atomic E-state index is 13.6. The molecule has 0 aromatic heterocycles. The molecule has 0 unspecified atom stereocenters. The van der Waals surface area contributed by atoms with Crippen molar-refractivity contribution in [1.82, 2.24) is 4.90 Å². The molecule has 0 bridgehead atoms. The molecular formula is C14H17F2NO2. The van der Waals surface area contributed by atoms with Crippen molar-refractivity contribution in [2.45, 2.75) is 31.7 Å². The summed E-state index contributed by atoms with van der Waals surface area (Å²) in [4.78, 5) is 13.8. The van der Waals surface area contributed by atoms with Gasteiger partial charge in [-0.05, 0) is 43.9 Å². The number of halogens is 2. The molecule has 1 saturated carbocycles. The van der Waals surface area contributed by atoms with E-state index >= 15 is 0 Å². The highest BCUT2D eigenvalue weighted by Crippen LogP contribution is 2.27. The smallest absolute Gasteiger partial charge is 0.257 e. The van der Waals surface area contributed by atoms with Crippen molar-refractivity contribution in [3.8, 4) is 0 Å². The molecule has 5 heteroatoms. The van der Waals surface area contributed by atoms with Crippen molar-refractivity contribution in [3.63, 3.8) is 0 Å². The van der Waals surface area contributed by atoms with E-state index in [1.807, 2.05) is 0 Å². The van der Waals surface area contributed by atoms with Crippen molar-refractivity contribution < 1.29 is 18.7 Å². The van der Waals surface area contributed by atoms with Gasteiger partial charge in [-0.1, -0.05) is 0 Å². The molecule has 0 spiro atoms. The summed E-state index contributed by atoms with van der Waals surface area (Å²) in [6, 6.07) is 2.98. The minimum absolute atomic E-state index is 0.0257. The molecule has 1 N–H and O–H groups in total. The van der Waals surface area contributed by atoms with Crippen LogP contribution in [0.2, 0.25) is 0 Å². The van der Waals surface area contributed by atoms with Crippen LogP contribution < -0.4 is 0 Å². The van der Waals surface area contributed by atoms with E-state index in [1.54, 1.807) is 4.90 Å². The normalized spacial score (nSPS) is 15.1. The first kappa shape index (κ1) is 13.9. The summed E-state index contributed by atoms with van der Waals surface area (Å²) < 4.78 is 26.8. The Bertz CT molecular complexity index is 461. The Morgan fingerprint density at radius 2 is 2.11 bits per heavy atom. The van der Waals surface area contributed by atoms with Crippen molar-refractivity contribution in [3.05, 3.63) is 35.4 Å². The van der Waals surface area contributed by atoms with Crippen LogP contribution in [0.15, 0.2) is 18.2 Å². The average molecular weight is 269 g/mol. The summed E-state index contributed by atoms with van der Waals surface area (Å²) in [5.41, 5.74) is -0.232. The van der Waals surface area contributed by atoms with E-state index < -0.39 is 17.5 Å². The number of carbonyl (C=O) groups excluding carboxylic acids is 1. The first-order valence-corrected chi connectivity index (χ1v) is 6.50. The number of aliphatic hydroxyl groups is 1. The van der Waals surface area contributed by atoms with Crippen LogP contribution in [0, 0.1) is 11.6 Å². The Morgan fingerprint density at radius 1 is 1.37 bits per heavy atom. The van der Waals surface area contributed by atoms with Crippen LogP contribution in [0.25, 0.3) is 0 Å². The quantitative estimate of drug-likeness (QED) is 0.891. The standard InChI is InChI=1S/C14H17F2NO2/c15-10-5-6-13(16)12(9-10)14(19)17(7-2-8-18)11-3-1-4-11/h5-6,9,11,18H,1-4,7-8H2. The molecule has 1 aliphatic rings. The summed E-state index contributed by atoms with van der Waals surface area (Å²) in [5, 5.41) is 8.87. The van der Waals surface area contributed by atoms with Crippen molar-refractivity contribution in [2.75, 3.05) is 13.2 Å². The third-order valence-corrected chi connectivity index (χ3v) is 3.49. The van der Waals surface area contributed by atoms with Gasteiger partial charge in [0, 0.05) is 19.2 Å². The van der Waals surface area contributed by atoms with Crippen LogP contribution >= 0.6 is 0 Å². The van der Waals surface area contributed by atoms with Crippen LogP contribution in [0.4, 0.5) is 8.78 Å². The van der Waals surface area contributed by atoms with E-state index in [0.29, 0.717) is 13.0 Å². The molecule has 3 nitrogen and oxygen atoms in total. The molecule has 19 heavy (non-hydrogen) atoms. The van der Waals surface area contributed by atoms with Gasteiger partial charge in [-0.3, -0.25) is 4.79 Å². The fourth-order valence-electron chi connectivity index (χ4n) is 2.21. The second-order valence-corrected chi connectivity index (χ2v) is 4.78. The first-order chi connectivity index (χ1) is 9.13. The Balaban J connectivity index is 2.19. The predicted molar refractivity (Wildman–Crippen MR) is 66.7 cm³/mol. The Labute approximate surface area is 110 Å². The molecule has 1 aromatic carbocycles. The number of hydrogen-bond acceptors (Lipinski definition) is 2. The summed E-state index contributed by atoms with van der Waals surface area (Å²) in [5.74, 6) is -1.82. The van der Waals surface area contributed by atoms with Gasteiger partial charge in [0.2, 0.25) is 0 Å². The summed E-state index contributed by atoms with van der Waals surface area (Å²) >= 11 is 0. The highest BCUT2D eigenvalue weighted by atomic mass is 19.1. The molecule has 1 fully saturated rings. The van der Waals surface area contributed by atoms with E-state index in [-0.39, 0.29) is 18.2 Å². The lowest BCUT2D eigenvalue weighted by Gasteiger charge is -2.37. The summed E-state index contributed by atoms with van der Waals surface area (Å²) in [6.45, 7) is 0.345. The summed E-state index contributed by atoms with van der Waals surface area (Å²) in [7, 11) is 0. The SMILES string of the molecule is O=C(c1cc(F)ccc1F)N(CCCO)C1CCC1. The molecule has 0 heterocycles. The van der Waals surface area contributed by atoms with Crippen LogP contribution in [0.3, 0.4) is 0 Å². The topological polar surface area (TPSA) is 40.5 Å². The van der Waals surface area contributed by atoms with E-state index in [1.165, 1.54) is 0 Å². The Hall–Kier alpha value is -1.49. The molecule has 2 rings (SSSR count). The van der Waals surface area contributed by atoms with Gasteiger partial charge in [-0.25, -0.2) is 8.78 Å². The fourth-order valence-corrected chi connectivity index (χ4v) is 2.21. The second-order valence-electron chi connectivity index (χ2n) is 4.78. The number of hydrogen-bond donors (Lipinski definition) is 1. The predicted octanol–water partition coefficient (Wildman–Crippen LogP) is 2.34. The maximum Gasteiger partial charge on any atom is 0.257 e. The lowest BCUT2D eigenvalue weighted by Crippen LogP contribution is -2.45. The lowest BCUT2D eigenvalue weighted by atomic mass is 9.90. The number of amides is 1. The van der Waals surface area contributed by atoms with Gasteiger partial charge in [0.25, 0.3) is 5.91 Å². The van der Waals surface area contributed by atoms with Crippen molar-refractivity contribution >= 4 is 5.91 Å². The van der Waals surface area contributed by atoms with Crippen LogP contribution in [0.1, 0.15) is 36.0 Å². The first-order valence-electron chi connectivity index (χ1n) is 6.50. The highest BCUT2D eigenvalue weighted by molar-refractivity contribution is 5.94. The molecule has 1 amide bonds. The minimum Gasteiger partial charge on any atom is -0.396 e. The van der Waals surface area contributed by atoms with Crippen molar-refractivity contribution in [1.29, 1.82) is 0 Å². The molecule has 0 radical (unpaired) electrons. The van der Waals surface area contributed by atoms with E-state index in [4.69, 9.17) is 5.11 Å². The van der Waals surface area contributed by atoms with Gasteiger partial charge in [-0.15, -0.1) is 0 Å². The average Bonchev–Trinajstić information content (AvgIpc) is 2.34. The molecular weight excluding hydrogens is 252 g/mol. The van der Waals surface area contributed by atoms with Crippen LogP contribution in [-0.4, -0.2) is 35.1 Å². The van der Waals surface area contributed by atoms with Gasteiger partial charge in [-0.2, -0.15) is 0 Å². The molecule has 1 aromatic rings. The zero-order chi connectivity index (χ0) is 13.8. The van der Waals surface area contributed by atoms with Gasteiger partial charge in [0.15, 0.2) is 0 Å². The fraction of sp³-hybridized carbons (Fsp3) is 0.500. The van der Waals surface area contributed by atoms with E-state index in [2.05, 4.69) is 0 Å². The van der Waals surface area contributed by atoms with E-state index in [9.17, 15) is 13.6 Å². The second kappa shape index (κ2) is 6.10. The molecule has 0 atom stereocenters. The molecule has 0 saturated heterocycles. The van der Waals surface area contributed by atoms with Crippen molar-refractivity contribution in [2.24, 2.45) is 0 Å². The molecule has 104 valence electrons. The van der Waals surface area contributed by atoms with Gasteiger partial charge >= 0.3 is 0 Å². The monoisotopic (exact) mass is 269 g/mol. The van der Waals surface area contributed by atoms with Crippen LogP contribution in [0.5, 0.6) is 0 Å². The number of carbonyl (C=O) groups is 1. The number of nitrogens with zero attached hydrogens (tertiary/aromatic N) is 1. The maximum absolute atomic E-state index is 13.6. The van der Waals surface area contributed by atoms with Gasteiger partial charge < -0.3 is 10.0 Å². The number of rotatable bonds is 5. The Morgan fingerprint density at radius 3 is 2.68 bits per heavy atom. The highest BCUT2D eigenvalue weighted by Gasteiger charge is 2.30. The number of aliphatic hydroxyl groups excluding tert-OH is 1. The van der Waals surface area contributed by atoms with Crippen LogP contribution in [-0.2, 0) is 0 Å². The number of benzene rings is 1. The largest absolute Gasteiger partial charge is 0.396 e.